The number of fused-ring (bicyclic) bond motifs is 3. The largest absolute Gasteiger partial charge is 0.382 e. The molecule has 5 nitrogen and oxygen atoms in total. The maximum Gasteiger partial charge on any atom is 0.184 e. The number of halogens is 2. The van der Waals surface area contributed by atoms with Crippen molar-refractivity contribution >= 4 is 11.5 Å². The van der Waals surface area contributed by atoms with Gasteiger partial charge in [-0.1, -0.05) is 0 Å². The molecule has 0 bridgehead atoms. The van der Waals surface area contributed by atoms with E-state index in [2.05, 4.69) is 0 Å². The Hall–Kier alpha value is -3.11. The molecule has 0 radical (unpaired) electrons. The molecule has 1 aliphatic heterocycles. The van der Waals surface area contributed by atoms with E-state index in [1.54, 1.807) is 13.2 Å². The molecule has 7 heteroatoms. The summed E-state index contributed by atoms with van der Waals surface area (Å²) in [6.45, 7) is 1.84. The lowest BCUT2D eigenvalue weighted by molar-refractivity contribution is -0.000374. The first-order chi connectivity index (χ1) is 15.3. The fraction of sp³-hybridized carbons (Fsp3) is 0.400. The number of aliphatic imine (C=N–C) groups is 2. The molecule has 1 heterocycles. The monoisotopic (exact) mass is 434 g/mol. The molecule has 0 saturated heterocycles. The first kappa shape index (κ1) is 20.8. The number of ether oxygens (including phenoxy) is 1. The minimum Gasteiger partial charge on any atom is -0.382 e. The normalized spacial score (nSPS) is 28.5. The van der Waals surface area contributed by atoms with E-state index in [1.165, 1.54) is 18.2 Å². The Kier molecular flexibility index (Phi) is 4.68. The second-order valence-corrected chi connectivity index (χ2v) is 9.09. The van der Waals surface area contributed by atoms with E-state index in [9.17, 15) is 9.65 Å². The third-order valence-electron chi connectivity index (χ3n) is 7.38. The molecule has 3 aliphatic rings. The van der Waals surface area contributed by atoms with Gasteiger partial charge in [0, 0.05) is 23.7 Å². The van der Waals surface area contributed by atoms with Gasteiger partial charge in [0.25, 0.3) is 0 Å². The SMILES string of the molecule is CO[C@H]1CC[C@]2(CC1)Cc1cc(F)c(-c3cc(F)cc(C#N)c3)cc1[C@]21N=C(C)C(N)=N1. The van der Waals surface area contributed by atoms with Crippen LogP contribution >= 0.6 is 0 Å². The summed E-state index contributed by atoms with van der Waals surface area (Å²) in [6, 6.07) is 9.06. The molecule has 5 rings (SSSR count). The van der Waals surface area contributed by atoms with Gasteiger partial charge in [0.05, 0.1) is 23.4 Å². The molecule has 2 N–H and O–H groups in total. The van der Waals surface area contributed by atoms with Crippen LogP contribution in [0.25, 0.3) is 11.1 Å². The van der Waals surface area contributed by atoms with Gasteiger partial charge in [0.1, 0.15) is 17.5 Å². The Labute approximate surface area is 185 Å². The molecule has 1 atom stereocenters. The number of hydrogen-bond acceptors (Lipinski definition) is 5. The Morgan fingerprint density at radius 3 is 2.50 bits per heavy atom. The van der Waals surface area contributed by atoms with E-state index < -0.39 is 17.3 Å². The highest BCUT2D eigenvalue weighted by Crippen LogP contribution is 2.62. The molecule has 2 spiro atoms. The number of nitrogens with zero attached hydrogens (tertiary/aromatic N) is 3. The number of nitrogens with two attached hydrogens (primary N) is 1. The third kappa shape index (κ3) is 2.90. The van der Waals surface area contributed by atoms with Crippen molar-refractivity contribution in [2.75, 3.05) is 7.11 Å². The van der Waals surface area contributed by atoms with E-state index in [4.69, 9.17) is 20.5 Å². The molecule has 2 aromatic rings. The molecule has 1 fully saturated rings. The van der Waals surface area contributed by atoms with Gasteiger partial charge >= 0.3 is 0 Å². The fourth-order valence-electron chi connectivity index (χ4n) is 5.73. The average Bonchev–Trinajstić information content (AvgIpc) is 3.20. The minimum absolute atomic E-state index is 0.140. The van der Waals surface area contributed by atoms with E-state index in [0.29, 0.717) is 23.5 Å². The van der Waals surface area contributed by atoms with Gasteiger partial charge in [-0.15, -0.1) is 0 Å². The summed E-state index contributed by atoms with van der Waals surface area (Å²) >= 11 is 0. The van der Waals surface area contributed by atoms with Crippen LogP contribution in [0.15, 0.2) is 40.3 Å². The van der Waals surface area contributed by atoms with Gasteiger partial charge in [0.2, 0.25) is 0 Å². The van der Waals surface area contributed by atoms with Crippen molar-refractivity contribution in [1.82, 2.24) is 0 Å². The first-order valence-electron chi connectivity index (χ1n) is 10.8. The van der Waals surface area contributed by atoms with Crippen molar-refractivity contribution < 1.29 is 13.5 Å². The number of benzene rings is 2. The zero-order valence-electron chi connectivity index (χ0n) is 18.1. The molecule has 0 unspecified atom stereocenters. The maximum atomic E-state index is 15.3. The predicted octanol–water partition coefficient (Wildman–Crippen LogP) is 4.62. The third-order valence-corrected chi connectivity index (χ3v) is 7.38. The van der Waals surface area contributed by atoms with Gasteiger partial charge < -0.3 is 10.5 Å². The van der Waals surface area contributed by atoms with Crippen molar-refractivity contribution in [3.8, 4) is 17.2 Å². The standard InChI is InChI=1S/C25H24F2N4O/c1-14-23(29)31-25(30-14)21-11-20(16-7-15(13-28)8-18(26)9-16)22(27)10-17(21)12-24(25)5-3-19(32-2)4-6-24/h7-11,19H,3-6,12H2,1-2H3,(H2,29,31)/t19-,24-,25-/m1/s1. The summed E-state index contributed by atoms with van der Waals surface area (Å²) in [6.07, 6.45) is 4.27. The lowest BCUT2D eigenvalue weighted by Gasteiger charge is -2.44. The highest BCUT2D eigenvalue weighted by atomic mass is 19.1. The first-order valence-corrected chi connectivity index (χ1v) is 10.8. The van der Waals surface area contributed by atoms with Crippen LogP contribution in [-0.2, 0) is 16.8 Å². The minimum atomic E-state index is -0.914. The zero-order valence-corrected chi connectivity index (χ0v) is 18.1. The van der Waals surface area contributed by atoms with Crippen LogP contribution in [0.5, 0.6) is 0 Å². The molecule has 0 amide bonds. The number of methoxy groups -OCH3 is 1. The highest BCUT2D eigenvalue weighted by molar-refractivity contribution is 6.41. The lowest BCUT2D eigenvalue weighted by Crippen LogP contribution is -2.43. The highest BCUT2D eigenvalue weighted by Gasteiger charge is 2.61. The summed E-state index contributed by atoms with van der Waals surface area (Å²) in [5.41, 5.74) is 8.01. The van der Waals surface area contributed by atoms with Crippen molar-refractivity contribution in [2.24, 2.45) is 21.1 Å². The van der Waals surface area contributed by atoms with Crippen LogP contribution in [0, 0.1) is 28.4 Å². The lowest BCUT2D eigenvalue weighted by atomic mass is 9.65. The Morgan fingerprint density at radius 2 is 1.88 bits per heavy atom. The summed E-state index contributed by atoms with van der Waals surface area (Å²) in [7, 11) is 1.73. The molecule has 2 aliphatic carbocycles. The summed E-state index contributed by atoms with van der Waals surface area (Å²) in [4.78, 5) is 9.87. The molecule has 32 heavy (non-hydrogen) atoms. The number of amidine groups is 1. The van der Waals surface area contributed by atoms with Crippen LogP contribution < -0.4 is 5.73 Å². The van der Waals surface area contributed by atoms with Gasteiger partial charge in [-0.25, -0.2) is 13.8 Å². The van der Waals surface area contributed by atoms with Gasteiger partial charge in [-0.05, 0) is 80.5 Å². The Balaban J connectivity index is 1.69. The Morgan fingerprint density at radius 1 is 1.12 bits per heavy atom. The smallest absolute Gasteiger partial charge is 0.184 e. The zero-order chi connectivity index (χ0) is 22.7. The second-order valence-electron chi connectivity index (χ2n) is 9.09. The van der Waals surface area contributed by atoms with Crippen molar-refractivity contribution in [3.63, 3.8) is 0 Å². The van der Waals surface area contributed by atoms with Crippen LogP contribution in [0.3, 0.4) is 0 Å². The van der Waals surface area contributed by atoms with Crippen LogP contribution in [0.4, 0.5) is 8.78 Å². The van der Waals surface area contributed by atoms with Crippen molar-refractivity contribution in [1.29, 1.82) is 5.26 Å². The number of hydrogen-bond donors (Lipinski definition) is 1. The molecule has 1 saturated carbocycles. The van der Waals surface area contributed by atoms with Crippen LogP contribution in [0.1, 0.15) is 49.3 Å². The van der Waals surface area contributed by atoms with E-state index in [-0.39, 0.29) is 22.6 Å². The summed E-state index contributed by atoms with van der Waals surface area (Å²) in [5, 5.41) is 9.22. The quantitative estimate of drug-likeness (QED) is 0.749. The molecule has 164 valence electrons. The molecular formula is C25H24F2N4O. The summed E-state index contributed by atoms with van der Waals surface area (Å²) in [5.74, 6) is -0.638. The van der Waals surface area contributed by atoms with Gasteiger partial charge in [-0.3, -0.25) is 4.99 Å². The average molecular weight is 434 g/mol. The summed E-state index contributed by atoms with van der Waals surface area (Å²) < 4.78 is 35.0. The number of rotatable bonds is 2. The van der Waals surface area contributed by atoms with E-state index >= 15 is 4.39 Å². The van der Waals surface area contributed by atoms with Gasteiger partial charge in [0.15, 0.2) is 5.66 Å². The van der Waals surface area contributed by atoms with Crippen LogP contribution in [-0.4, -0.2) is 24.8 Å². The number of nitriles is 1. The van der Waals surface area contributed by atoms with Gasteiger partial charge in [-0.2, -0.15) is 5.26 Å². The molecule has 0 aromatic heterocycles. The van der Waals surface area contributed by atoms with Crippen molar-refractivity contribution in [2.45, 2.75) is 50.8 Å². The Bertz CT molecular complexity index is 1200. The van der Waals surface area contributed by atoms with E-state index in [0.717, 1.165) is 42.9 Å². The predicted molar refractivity (Wildman–Crippen MR) is 118 cm³/mol. The molecule has 2 aromatic carbocycles. The topological polar surface area (TPSA) is 83.8 Å². The maximum absolute atomic E-state index is 15.3. The fourth-order valence-corrected chi connectivity index (χ4v) is 5.73. The van der Waals surface area contributed by atoms with Crippen molar-refractivity contribution in [3.05, 3.63) is 58.7 Å². The van der Waals surface area contributed by atoms with Crippen LogP contribution in [0.2, 0.25) is 0 Å². The second kappa shape index (κ2) is 7.21. The van der Waals surface area contributed by atoms with E-state index in [1.807, 2.05) is 13.0 Å². The molecular weight excluding hydrogens is 410 g/mol.